The van der Waals surface area contributed by atoms with Gasteiger partial charge in [0.1, 0.15) is 0 Å². The highest BCUT2D eigenvalue weighted by Crippen LogP contribution is 2.30. The maximum absolute atomic E-state index is 12.8. The van der Waals surface area contributed by atoms with E-state index >= 15 is 0 Å². The second-order valence-electron chi connectivity index (χ2n) is 6.26. The van der Waals surface area contributed by atoms with Gasteiger partial charge in [0.05, 0.1) is 22.2 Å². The van der Waals surface area contributed by atoms with Gasteiger partial charge in [0, 0.05) is 4.88 Å². The first kappa shape index (κ1) is 18.4. The molecule has 3 heterocycles. The normalized spacial score (nSPS) is 12.2. The molecule has 0 bridgehead atoms. The zero-order chi connectivity index (χ0) is 18.7. The van der Waals surface area contributed by atoms with Crippen molar-refractivity contribution >= 4 is 39.5 Å². The average Bonchev–Trinajstić information content (AvgIpc) is 3.34. The summed E-state index contributed by atoms with van der Waals surface area (Å²) in [5.41, 5.74) is 0.830. The van der Waals surface area contributed by atoms with Gasteiger partial charge < -0.3 is 15.1 Å². The van der Waals surface area contributed by atoms with E-state index in [9.17, 15) is 9.59 Å². The first-order valence-electron chi connectivity index (χ1n) is 8.25. The molecule has 0 aromatic carbocycles. The molecule has 0 saturated heterocycles. The van der Waals surface area contributed by atoms with Crippen molar-refractivity contribution in [2.24, 2.45) is 5.92 Å². The minimum absolute atomic E-state index is 0.0369. The highest BCUT2D eigenvalue weighted by atomic mass is 32.1. The number of hydrogen-bond donors (Lipinski definition) is 2. The lowest BCUT2D eigenvalue weighted by Crippen LogP contribution is -2.31. The van der Waals surface area contributed by atoms with E-state index in [0.717, 1.165) is 10.4 Å². The predicted octanol–water partition coefficient (Wildman–Crippen LogP) is 5.09. The van der Waals surface area contributed by atoms with Crippen molar-refractivity contribution in [3.8, 4) is 0 Å². The summed E-state index contributed by atoms with van der Waals surface area (Å²) in [6.07, 6.45) is 1.45. The summed E-state index contributed by atoms with van der Waals surface area (Å²) >= 11 is 2.90. The van der Waals surface area contributed by atoms with Crippen LogP contribution >= 0.6 is 22.7 Å². The Morgan fingerprint density at radius 3 is 2.58 bits per heavy atom. The number of amides is 2. The number of hydrogen-bond acceptors (Lipinski definition) is 5. The lowest BCUT2D eigenvalue weighted by molar-refractivity contribution is 0.0929. The predicted molar refractivity (Wildman–Crippen MR) is 105 cm³/mol. The van der Waals surface area contributed by atoms with Gasteiger partial charge in [0.15, 0.2) is 5.76 Å². The average molecular weight is 389 g/mol. The molecule has 2 N–H and O–H groups in total. The first-order valence-corrected chi connectivity index (χ1v) is 9.95. The fourth-order valence-electron chi connectivity index (χ4n) is 2.59. The van der Waals surface area contributed by atoms with E-state index in [-0.39, 0.29) is 29.5 Å². The molecule has 5 nitrogen and oxygen atoms in total. The lowest BCUT2D eigenvalue weighted by Gasteiger charge is -2.21. The molecule has 1 atom stereocenters. The van der Waals surface area contributed by atoms with Crippen LogP contribution in [0.1, 0.15) is 50.6 Å². The van der Waals surface area contributed by atoms with Gasteiger partial charge >= 0.3 is 0 Å². The molecule has 0 aliphatic carbocycles. The summed E-state index contributed by atoms with van der Waals surface area (Å²) in [5.74, 6) is 0.0514. The second kappa shape index (κ2) is 7.88. The molecule has 0 spiro atoms. The van der Waals surface area contributed by atoms with Gasteiger partial charge in [-0.15, -0.1) is 22.7 Å². The Kier molecular flexibility index (Phi) is 5.58. The summed E-state index contributed by atoms with van der Waals surface area (Å²) in [6, 6.07) is 9.04. The maximum atomic E-state index is 12.8. The molecule has 0 aliphatic rings. The number of carbonyl (C=O) groups excluding carboxylic acids is 2. The SMILES string of the molecule is Cc1cc(NC(=O)c2ccco2)sc1C(=O)NC(c1cccs1)C(C)C. The van der Waals surface area contributed by atoms with E-state index in [1.165, 1.54) is 17.6 Å². The first-order chi connectivity index (χ1) is 12.5. The van der Waals surface area contributed by atoms with E-state index in [2.05, 4.69) is 24.5 Å². The van der Waals surface area contributed by atoms with Crippen molar-refractivity contribution in [3.05, 3.63) is 63.1 Å². The highest BCUT2D eigenvalue weighted by molar-refractivity contribution is 7.18. The van der Waals surface area contributed by atoms with Crippen molar-refractivity contribution in [2.75, 3.05) is 5.32 Å². The minimum atomic E-state index is -0.332. The number of aryl methyl sites for hydroxylation is 1. The quantitative estimate of drug-likeness (QED) is 0.618. The van der Waals surface area contributed by atoms with Gasteiger partial charge in [-0.25, -0.2) is 0 Å². The van der Waals surface area contributed by atoms with Crippen molar-refractivity contribution < 1.29 is 14.0 Å². The molecular weight excluding hydrogens is 368 g/mol. The Morgan fingerprint density at radius 1 is 1.15 bits per heavy atom. The van der Waals surface area contributed by atoms with Gasteiger partial charge in [0.25, 0.3) is 11.8 Å². The van der Waals surface area contributed by atoms with Gasteiger partial charge in [-0.1, -0.05) is 19.9 Å². The summed E-state index contributed by atoms with van der Waals surface area (Å²) < 4.78 is 5.09. The molecule has 1 unspecified atom stereocenters. The van der Waals surface area contributed by atoms with Crippen molar-refractivity contribution in [1.29, 1.82) is 0 Å². The van der Waals surface area contributed by atoms with Crippen LogP contribution in [0.4, 0.5) is 5.00 Å². The zero-order valence-corrected chi connectivity index (χ0v) is 16.4. The molecule has 26 heavy (non-hydrogen) atoms. The van der Waals surface area contributed by atoms with E-state index in [1.807, 2.05) is 24.4 Å². The monoisotopic (exact) mass is 388 g/mol. The Balaban J connectivity index is 1.73. The molecule has 0 saturated carbocycles. The van der Waals surface area contributed by atoms with Crippen LogP contribution in [0.3, 0.4) is 0 Å². The van der Waals surface area contributed by atoms with Crippen molar-refractivity contribution in [3.63, 3.8) is 0 Å². The second-order valence-corrected chi connectivity index (χ2v) is 8.30. The van der Waals surface area contributed by atoms with E-state index in [4.69, 9.17) is 4.42 Å². The Morgan fingerprint density at radius 2 is 1.96 bits per heavy atom. The number of thiophene rings is 2. The third-order valence-electron chi connectivity index (χ3n) is 3.91. The van der Waals surface area contributed by atoms with Crippen LogP contribution in [0, 0.1) is 12.8 Å². The third-order valence-corrected chi connectivity index (χ3v) is 6.02. The number of nitrogens with one attached hydrogen (secondary N) is 2. The Hall–Kier alpha value is -2.38. The summed E-state index contributed by atoms with van der Waals surface area (Å²) in [4.78, 5) is 26.6. The molecule has 3 rings (SSSR count). The van der Waals surface area contributed by atoms with Crippen molar-refractivity contribution in [2.45, 2.75) is 26.8 Å². The molecule has 0 fully saturated rings. The van der Waals surface area contributed by atoms with Gasteiger partial charge in [-0.05, 0) is 48.1 Å². The highest BCUT2D eigenvalue weighted by Gasteiger charge is 2.23. The van der Waals surface area contributed by atoms with Crippen LogP contribution in [-0.4, -0.2) is 11.8 Å². The summed E-state index contributed by atoms with van der Waals surface area (Å²) in [7, 11) is 0. The summed E-state index contributed by atoms with van der Waals surface area (Å²) in [6.45, 7) is 6.03. The topological polar surface area (TPSA) is 71.3 Å². The number of carbonyl (C=O) groups is 2. The van der Waals surface area contributed by atoms with Gasteiger partial charge in [-0.3, -0.25) is 9.59 Å². The number of anilines is 1. The number of furan rings is 1. The van der Waals surface area contributed by atoms with Crippen molar-refractivity contribution in [1.82, 2.24) is 5.32 Å². The maximum Gasteiger partial charge on any atom is 0.291 e. The van der Waals surface area contributed by atoms with Gasteiger partial charge in [0.2, 0.25) is 0 Å². The smallest absolute Gasteiger partial charge is 0.291 e. The van der Waals surface area contributed by atoms with E-state index < -0.39 is 0 Å². The van der Waals surface area contributed by atoms with Crippen LogP contribution in [0.5, 0.6) is 0 Å². The molecule has 3 aromatic rings. The molecular formula is C19H20N2O3S2. The fraction of sp³-hybridized carbons (Fsp3) is 0.263. The minimum Gasteiger partial charge on any atom is -0.459 e. The van der Waals surface area contributed by atoms with E-state index in [0.29, 0.717) is 9.88 Å². The van der Waals surface area contributed by atoms with Crippen LogP contribution in [0.2, 0.25) is 0 Å². The van der Waals surface area contributed by atoms with Gasteiger partial charge in [-0.2, -0.15) is 0 Å². The standard InChI is InChI=1S/C19H20N2O3S2/c1-11(2)16(14-7-5-9-25-14)21-19(23)17-12(3)10-15(26-17)20-18(22)13-6-4-8-24-13/h4-11,16H,1-3H3,(H,20,22)(H,21,23). The van der Waals surface area contributed by atoms with Crippen LogP contribution in [-0.2, 0) is 0 Å². The zero-order valence-electron chi connectivity index (χ0n) is 14.7. The molecule has 7 heteroatoms. The number of rotatable bonds is 6. The van der Waals surface area contributed by atoms with Crippen LogP contribution in [0.15, 0.2) is 46.4 Å². The molecule has 3 aromatic heterocycles. The lowest BCUT2D eigenvalue weighted by atomic mass is 10.0. The van der Waals surface area contributed by atoms with E-state index in [1.54, 1.807) is 29.5 Å². The largest absolute Gasteiger partial charge is 0.459 e. The van der Waals surface area contributed by atoms with Crippen LogP contribution in [0.25, 0.3) is 0 Å². The van der Waals surface area contributed by atoms with Crippen LogP contribution < -0.4 is 10.6 Å². The summed E-state index contributed by atoms with van der Waals surface area (Å²) in [5, 5.41) is 8.52. The molecule has 0 radical (unpaired) electrons. The molecule has 136 valence electrons. The Bertz CT molecular complexity index is 880. The Labute approximate surface area is 160 Å². The molecule has 0 aliphatic heterocycles. The molecule has 2 amide bonds. The third kappa shape index (κ3) is 4.05. The fourth-order valence-corrected chi connectivity index (χ4v) is 4.51.